The SMILES string of the molecule is C#Cc1ccc(C2CCCN2C(=O)c2csc(C#N)c2)cc1. The highest BCUT2D eigenvalue weighted by Gasteiger charge is 2.30. The maximum atomic E-state index is 12.7. The van der Waals surface area contributed by atoms with Crippen molar-refractivity contribution in [1.29, 1.82) is 5.26 Å². The van der Waals surface area contributed by atoms with Crippen molar-refractivity contribution in [2.45, 2.75) is 18.9 Å². The normalized spacial score (nSPS) is 17.0. The zero-order valence-corrected chi connectivity index (χ0v) is 12.8. The quantitative estimate of drug-likeness (QED) is 0.796. The molecule has 2 heterocycles. The van der Waals surface area contributed by atoms with Gasteiger partial charge in [-0.15, -0.1) is 17.8 Å². The summed E-state index contributed by atoms with van der Waals surface area (Å²) >= 11 is 1.31. The Hall–Kier alpha value is -2.56. The summed E-state index contributed by atoms with van der Waals surface area (Å²) in [6.07, 6.45) is 7.32. The predicted octanol–water partition coefficient (Wildman–Crippen LogP) is 3.58. The largest absolute Gasteiger partial charge is 0.332 e. The summed E-state index contributed by atoms with van der Waals surface area (Å²) in [6, 6.07) is 11.7. The molecule has 0 aliphatic carbocycles. The molecule has 1 atom stereocenters. The van der Waals surface area contributed by atoms with Crippen molar-refractivity contribution in [2.24, 2.45) is 0 Å². The van der Waals surface area contributed by atoms with Gasteiger partial charge in [0.15, 0.2) is 0 Å². The highest BCUT2D eigenvalue weighted by Crippen LogP contribution is 2.33. The lowest BCUT2D eigenvalue weighted by atomic mass is 10.0. The summed E-state index contributed by atoms with van der Waals surface area (Å²) in [6.45, 7) is 0.748. The Morgan fingerprint density at radius 1 is 1.36 bits per heavy atom. The second-order valence-corrected chi connectivity index (χ2v) is 6.15. The number of hydrogen-bond donors (Lipinski definition) is 0. The number of hydrogen-bond acceptors (Lipinski definition) is 3. The van der Waals surface area contributed by atoms with Crippen LogP contribution in [-0.2, 0) is 0 Å². The second-order valence-electron chi connectivity index (χ2n) is 5.23. The maximum Gasteiger partial charge on any atom is 0.255 e. The van der Waals surface area contributed by atoms with Gasteiger partial charge in [0.25, 0.3) is 5.91 Å². The predicted molar refractivity (Wildman–Crippen MR) is 86.4 cm³/mol. The Labute approximate surface area is 133 Å². The monoisotopic (exact) mass is 306 g/mol. The molecular formula is C18H14N2OS. The van der Waals surface area contributed by atoms with Crippen LogP contribution in [0.25, 0.3) is 0 Å². The van der Waals surface area contributed by atoms with Crippen molar-refractivity contribution < 1.29 is 4.79 Å². The van der Waals surface area contributed by atoms with Crippen molar-refractivity contribution >= 4 is 17.2 Å². The Balaban J connectivity index is 1.84. The van der Waals surface area contributed by atoms with E-state index in [4.69, 9.17) is 11.7 Å². The number of benzene rings is 1. The first-order valence-electron chi connectivity index (χ1n) is 7.09. The minimum absolute atomic E-state index is 0.00118. The summed E-state index contributed by atoms with van der Waals surface area (Å²) in [7, 11) is 0. The van der Waals surface area contributed by atoms with Gasteiger partial charge in [0.2, 0.25) is 0 Å². The fourth-order valence-corrected chi connectivity index (χ4v) is 3.50. The molecule has 108 valence electrons. The van der Waals surface area contributed by atoms with E-state index in [0.29, 0.717) is 10.4 Å². The number of terminal acetylenes is 1. The molecule has 1 saturated heterocycles. The topological polar surface area (TPSA) is 44.1 Å². The van der Waals surface area contributed by atoms with Gasteiger partial charge in [0.05, 0.1) is 11.6 Å². The van der Waals surface area contributed by atoms with Gasteiger partial charge in [-0.3, -0.25) is 4.79 Å². The van der Waals surface area contributed by atoms with Crippen molar-refractivity contribution in [3.8, 4) is 18.4 Å². The number of amides is 1. The third kappa shape index (κ3) is 2.62. The van der Waals surface area contributed by atoms with Crippen molar-refractivity contribution in [3.05, 3.63) is 57.3 Å². The van der Waals surface area contributed by atoms with Gasteiger partial charge < -0.3 is 4.90 Å². The average Bonchev–Trinajstić information content (AvgIpc) is 3.23. The number of thiophene rings is 1. The first-order chi connectivity index (χ1) is 10.7. The second kappa shape index (κ2) is 6.05. The van der Waals surface area contributed by atoms with Crippen LogP contribution in [0.15, 0.2) is 35.7 Å². The third-order valence-electron chi connectivity index (χ3n) is 3.93. The maximum absolute atomic E-state index is 12.7. The Kier molecular flexibility index (Phi) is 3.96. The number of carbonyl (C=O) groups excluding carboxylic acids is 1. The van der Waals surface area contributed by atoms with Crippen LogP contribution in [0, 0.1) is 23.7 Å². The molecule has 1 aromatic heterocycles. The number of nitriles is 1. The van der Waals surface area contributed by atoms with Crippen LogP contribution < -0.4 is 0 Å². The van der Waals surface area contributed by atoms with Crippen LogP contribution in [0.3, 0.4) is 0 Å². The van der Waals surface area contributed by atoms with E-state index in [-0.39, 0.29) is 11.9 Å². The molecule has 0 saturated carbocycles. The average molecular weight is 306 g/mol. The molecule has 1 amide bonds. The Morgan fingerprint density at radius 2 is 2.14 bits per heavy atom. The molecule has 2 aromatic rings. The van der Waals surface area contributed by atoms with Gasteiger partial charge in [0.1, 0.15) is 10.9 Å². The molecule has 3 rings (SSSR count). The van der Waals surface area contributed by atoms with E-state index in [1.165, 1.54) is 11.3 Å². The first kappa shape index (κ1) is 14.4. The van der Waals surface area contributed by atoms with Gasteiger partial charge in [-0.2, -0.15) is 5.26 Å². The fraction of sp³-hybridized carbons (Fsp3) is 0.222. The van der Waals surface area contributed by atoms with E-state index >= 15 is 0 Å². The molecule has 1 unspecified atom stereocenters. The number of carbonyl (C=O) groups is 1. The third-order valence-corrected chi connectivity index (χ3v) is 4.77. The van der Waals surface area contributed by atoms with Gasteiger partial charge in [-0.05, 0) is 36.6 Å². The lowest BCUT2D eigenvalue weighted by Crippen LogP contribution is -2.30. The molecule has 1 aliphatic heterocycles. The fourth-order valence-electron chi connectivity index (χ4n) is 2.83. The van der Waals surface area contributed by atoms with Crippen LogP contribution in [0.5, 0.6) is 0 Å². The molecule has 0 spiro atoms. The molecule has 4 heteroatoms. The van der Waals surface area contributed by atoms with Crippen molar-refractivity contribution in [2.75, 3.05) is 6.54 Å². The standard InChI is InChI=1S/C18H14N2OS/c1-2-13-5-7-14(8-6-13)17-4-3-9-20(17)18(21)15-10-16(11-19)22-12-15/h1,5-8,10,12,17H,3-4,9H2. The van der Waals surface area contributed by atoms with Crippen LogP contribution >= 0.6 is 11.3 Å². The summed E-state index contributed by atoms with van der Waals surface area (Å²) in [5, 5.41) is 10.7. The van der Waals surface area contributed by atoms with E-state index in [1.54, 1.807) is 11.4 Å². The van der Waals surface area contributed by atoms with E-state index in [1.807, 2.05) is 29.2 Å². The minimum atomic E-state index is 0.00118. The number of rotatable bonds is 2. The zero-order chi connectivity index (χ0) is 15.5. The van der Waals surface area contributed by atoms with Crippen molar-refractivity contribution in [1.82, 2.24) is 4.90 Å². The van der Waals surface area contributed by atoms with Gasteiger partial charge in [-0.1, -0.05) is 18.1 Å². The summed E-state index contributed by atoms with van der Waals surface area (Å²) < 4.78 is 0. The molecule has 1 aromatic carbocycles. The molecule has 1 fully saturated rings. The smallest absolute Gasteiger partial charge is 0.255 e. The van der Waals surface area contributed by atoms with E-state index in [2.05, 4.69) is 12.0 Å². The van der Waals surface area contributed by atoms with Gasteiger partial charge in [-0.25, -0.2) is 0 Å². The molecule has 22 heavy (non-hydrogen) atoms. The van der Waals surface area contributed by atoms with Gasteiger partial charge in [0, 0.05) is 17.5 Å². The van der Waals surface area contributed by atoms with E-state index < -0.39 is 0 Å². The summed E-state index contributed by atoms with van der Waals surface area (Å²) in [5.41, 5.74) is 2.56. The lowest BCUT2D eigenvalue weighted by Gasteiger charge is -2.24. The Morgan fingerprint density at radius 3 is 2.77 bits per heavy atom. The first-order valence-corrected chi connectivity index (χ1v) is 7.97. The number of nitrogens with zero attached hydrogens (tertiary/aromatic N) is 2. The highest BCUT2D eigenvalue weighted by molar-refractivity contribution is 7.10. The molecule has 1 aliphatic rings. The van der Waals surface area contributed by atoms with Crippen LogP contribution in [0.1, 0.15) is 45.2 Å². The van der Waals surface area contributed by atoms with Crippen LogP contribution in [0.2, 0.25) is 0 Å². The lowest BCUT2D eigenvalue weighted by molar-refractivity contribution is 0.0736. The number of likely N-dealkylation sites (tertiary alicyclic amines) is 1. The van der Waals surface area contributed by atoms with Crippen LogP contribution in [0.4, 0.5) is 0 Å². The van der Waals surface area contributed by atoms with E-state index in [9.17, 15) is 4.79 Å². The minimum Gasteiger partial charge on any atom is -0.332 e. The molecule has 3 nitrogen and oxygen atoms in total. The van der Waals surface area contributed by atoms with Crippen LogP contribution in [-0.4, -0.2) is 17.4 Å². The molecule has 0 bridgehead atoms. The van der Waals surface area contributed by atoms with Gasteiger partial charge >= 0.3 is 0 Å². The van der Waals surface area contributed by atoms with E-state index in [0.717, 1.165) is 30.5 Å². The highest BCUT2D eigenvalue weighted by atomic mass is 32.1. The molecule has 0 radical (unpaired) electrons. The Bertz CT molecular complexity index is 777. The van der Waals surface area contributed by atoms with Crippen molar-refractivity contribution in [3.63, 3.8) is 0 Å². The molecular weight excluding hydrogens is 292 g/mol. The summed E-state index contributed by atoms with van der Waals surface area (Å²) in [5.74, 6) is 2.61. The zero-order valence-electron chi connectivity index (χ0n) is 12.0. The summed E-state index contributed by atoms with van der Waals surface area (Å²) in [4.78, 5) is 15.1. The molecule has 0 N–H and O–H groups in total.